The number of nitrogens with zero attached hydrogens (tertiary/aromatic N) is 1. The van der Waals surface area contributed by atoms with Crippen molar-refractivity contribution in [2.24, 2.45) is 0 Å². The summed E-state index contributed by atoms with van der Waals surface area (Å²) >= 11 is 0. The Bertz CT molecular complexity index is 2700. The number of hydrogen-bond donors (Lipinski definition) is 0. The molecule has 1 heterocycles. The highest BCUT2D eigenvalue weighted by Crippen LogP contribution is 2.66. The lowest BCUT2D eigenvalue weighted by atomic mass is 9.44. The summed E-state index contributed by atoms with van der Waals surface area (Å²) in [5.74, 6) is 0. The van der Waals surface area contributed by atoms with Crippen LogP contribution < -0.4 is 0 Å². The Morgan fingerprint density at radius 3 is 1.27 bits per heavy atom. The molecule has 2 bridgehead atoms. The molecule has 3 aliphatic rings. The fourth-order valence-electron chi connectivity index (χ4n) is 9.90. The van der Waals surface area contributed by atoms with Gasteiger partial charge in [-0.05, 0) is 74.3 Å². The second-order valence-corrected chi connectivity index (χ2v) is 14.0. The van der Waals surface area contributed by atoms with Crippen LogP contribution in [0.4, 0.5) is 0 Å². The molecule has 1 heteroatoms. The highest BCUT2D eigenvalue weighted by molar-refractivity contribution is 6.09. The van der Waals surface area contributed by atoms with Crippen molar-refractivity contribution < 1.29 is 0 Å². The van der Waals surface area contributed by atoms with Crippen LogP contribution in [0.3, 0.4) is 0 Å². The van der Waals surface area contributed by atoms with Gasteiger partial charge in [-0.25, -0.2) is 0 Å². The van der Waals surface area contributed by atoms with Crippen molar-refractivity contribution in [2.45, 2.75) is 10.8 Å². The summed E-state index contributed by atoms with van der Waals surface area (Å²) in [6.07, 6.45) is 0. The van der Waals surface area contributed by atoms with E-state index in [1.807, 2.05) is 0 Å². The van der Waals surface area contributed by atoms with Crippen molar-refractivity contribution >= 4 is 21.8 Å². The molecule has 0 spiro atoms. The fraction of sp³-hybridized carbons (Fsp3) is 0.0400. The van der Waals surface area contributed by atoms with Crippen molar-refractivity contribution in [3.63, 3.8) is 0 Å². The average molecular weight is 648 g/mol. The van der Waals surface area contributed by atoms with Gasteiger partial charge in [-0.15, -0.1) is 0 Å². The monoisotopic (exact) mass is 647 g/mol. The van der Waals surface area contributed by atoms with Crippen molar-refractivity contribution in [1.82, 2.24) is 4.57 Å². The van der Waals surface area contributed by atoms with Crippen LogP contribution in [0, 0.1) is 0 Å². The van der Waals surface area contributed by atoms with Crippen LogP contribution in [0.15, 0.2) is 200 Å². The molecule has 1 aromatic heterocycles. The van der Waals surface area contributed by atoms with E-state index in [0.29, 0.717) is 0 Å². The number of aromatic nitrogens is 1. The maximum atomic E-state index is 2.53. The Hall–Kier alpha value is -6.44. The first kappa shape index (κ1) is 28.4. The maximum Gasteiger partial charge on any atom is 0.0711 e. The van der Waals surface area contributed by atoms with Crippen molar-refractivity contribution in [2.75, 3.05) is 0 Å². The zero-order chi connectivity index (χ0) is 33.6. The molecule has 51 heavy (non-hydrogen) atoms. The Balaban J connectivity index is 1.27. The summed E-state index contributed by atoms with van der Waals surface area (Å²) in [4.78, 5) is 0. The molecule has 9 aromatic rings. The molecule has 0 N–H and O–H groups in total. The normalized spacial score (nSPS) is 18.4. The highest BCUT2D eigenvalue weighted by atomic mass is 15.0. The standard InChI is InChI=1S/C50H33N/c1-3-17-35(18-4-1)49-40-24-10-12-26-42(40)50(36-19-5-2-6-20-36,43-27-13-11-25-41(43)49)45-33-34(31-32-44(45)49)37-21-7-14-28-46(37)51-47-29-15-8-22-38(47)39-23-9-16-30-48(39)51/h1-33H. The van der Waals surface area contributed by atoms with Crippen LogP contribution in [0.25, 0.3) is 38.6 Å². The first-order valence-corrected chi connectivity index (χ1v) is 17.9. The lowest BCUT2D eigenvalue weighted by Gasteiger charge is -2.57. The molecule has 0 fully saturated rings. The van der Waals surface area contributed by atoms with Crippen LogP contribution in [-0.2, 0) is 10.8 Å². The molecule has 12 rings (SSSR count). The zero-order valence-corrected chi connectivity index (χ0v) is 28.0. The number of hydrogen-bond acceptors (Lipinski definition) is 0. The molecule has 238 valence electrons. The van der Waals surface area contributed by atoms with Gasteiger partial charge >= 0.3 is 0 Å². The topological polar surface area (TPSA) is 4.93 Å². The smallest absolute Gasteiger partial charge is 0.0711 e. The van der Waals surface area contributed by atoms with Crippen molar-refractivity contribution in [3.05, 3.63) is 245 Å². The van der Waals surface area contributed by atoms with Crippen molar-refractivity contribution in [3.8, 4) is 16.8 Å². The quantitative estimate of drug-likeness (QED) is 0.179. The van der Waals surface area contributed by atoms with E-state index in [-0.39, 0.29) is 0 Å². The largest absolute Gasteiger partial charge is 0.309 e. The van der Waals surface area contributed by atoms with Crippen LogP contribution in [0.1, 0.15) is 44.5 Å². The summed E-state index contributed by atoms with van der Waals surface area (Å²) < 4.78 is 2.45. The minimum absolute atomic E-state index is 0.453. The fourth-order valence-corrected chi connectivity index (χ4v) is 9.90. The minimum Gasteiger partial charge on any atom is -0.309 e. The molecular weight excluding hydrogens is 615 g/mol. The summed E-state index contributed by atoms with van der Waals surface area (Å²) in [5.41, 5.74) is 15.9. The van der Waals surface area contributed by atoms with Gasteiger partial charge in [0.05, 0.1) is 27.6 Å². The van der Waals surface area contributed by atoms with E-state index in [9.17, 15) is 0 Å². The predicted molar refractivity (Wildman–Crippen MR) is 210 cm³/mol. The van der Waals surface area contributed by atoms with Crippen LogP contribution in [0.5, 0.6) is 0 Å². The van der Waals surface area contributed by atoms with E-state index in [2.05, 4.69) is 205 Å². The maximum absolute atomic E-state index is 2.53. The lowest BCUT2D eigenvalue weighted by molar-refractivity contribution is 0.557. The van der Waals surface area contributed by atoms with E-state index in [0.717, 1.165) is 0 Å². The van der Waals surface area contributed by atoms with E-state index in [1.54, 1.807) is 0 Å². The number of fused-ring (bicyclic) bond motifs is 3. The van der Waals surface area contributed by atoms with Gasteiger partial charge < -0.3 is 4.57 Å². The Labute approximate surface area is 297 Å². The van der Waals surface area contributed by atoms with E-state index in [4.69, 9.17) is 0 Å². The van der Waals surface area contributed by atoms with Gasteiger partial charge in [0.1, 0.15) is 0 Å². The molecule has 3 aliphatic carbocycles. The van der Waals surface area contributed by atoms with Crippen molar-refractivity contribution in [1.29, 1.82) is 0 Å². The molecule has 0 amide bonds. The lowest BCUT2D eigenvalue weighted by Crippen LogP contribution is -2.51. The molecule has 0 atom stereocenters. The third kappa shape index (κ3) is 3.55. The zero-order valence-electron chi connectivity index (χ0n) is 28.0. The first-order valence-electron chi connectivity index (χ1n) is 17.9. The molecule has 0 saturated carbocycles. The predicted octanol–water partition coefficient (Wildman–Crippen LogP) is 11.8. The number of rotatable bonds is 4. The van der Waals surface area contributed by atoms with Gasteiger partial charge in [0, 0.05) is 16.3 Å². The summed E-state index contributed by atoms with van der Waals surface area (Å²) in [6.45, 7) is 0. The third-order valence-corrected chi connectivity index (χ3v) is 11.7. The van der Waals surface area contributed by atoms with Crippen LogP contribution >= 0.6 is 0 Å². The molecule has 0 saturated heterocycles. The van der Waals surface area contributed by atoms with Gasteiger partial charge in [0.15, 0.2) is 0 Å². The second-order valence-electron chi connectivity index (χ2n) is 14.0. The molecule has 1 nitrogen and oxygen atoms in total. The SMILES string of the molecule is c1ccc(C23c4ccccc4C(c4ccccc4)(c4ccccc42)c2cc(-c4ccccc4-n4c5ccccc5c5ccccc54)ccc23)cc1. The highest BCUT2D eigenvalue weighted by Gasteiger charge is 2.59. The van der Waals surface area contributed by atoms with Gasteiger partial charge in [0.25, 0.3) is 0 Å². The Morgan fingerprint density at radius 1 is 0.314 bits per heavy atom. The average Bonchev–Trinajstić information content (AvgIpc) is 3.55. The van der Waals surface area contributed by atoms with Gasteiger partial charge in [-0.1, -0.05) is 176 Å². The number of benzene rings is 8. The molecule has 0 aliphatic heterocycles. The van der Waals surface area contributed by atoms with Crippen LogP contribution in [-0.4, -0.2) is 4.57 Å². The Kier molecular flexibility index (Phi) is 5.86. The minimum atomic E-state index is -0.488. The second kappa shape index (κ2) is 10.5. The molecule has 8 aromatic carbocycles. The summed E-state index contributed by atoms with van der Waals surface area (Å²) in [5, 5.41) is 2.54. The molecular formula is C50H33N. The van der Waals surface area contributed by atoms with Crippen LogP contribution in [0.2, 0.25) is 0 Å². The van der Waals surface area contributed by atoms with E-state index >= 15 is 0 Å². The molecule has 0 radical (unpaired) electrons. The first-order chi connectivity index (χ1) is 25.3. The van der Waals surface area contributed by atoms with E-state index in [1.165, 1.54) is 83.1 Å². The Morgan fingerprint density at radius 2 is 0.725 bits per heavy atom. The molecule has 0 unspecified atom stereocenters. The summed E-state index contributed by atoms with van der Waals surface area (Å²) in [7, 11) is 0. The van der Waals surface area contributed by atoms with Gasteiger partial charge in [0.2, 0.25) is 0 Å². The number of para-hydroxylation sites is 3. The summed E-state index contributed by atoms with van der Waals surface area (Å²) in [6, 6.07) is 74.7. The van der Waals surface area contributed by atoms with Gasteiger partial charge in [-0.3, -0.25) is 0 Å². The van der Waals surface area contributed by atoms with Gasteiger partial charge in [-0.2, -0.15) is 0 Å². The third-order valence-electron chi connectivity index (χ3n) is 11.7. The van der Waals surface area contributed by atoms with E-state index < -0.39 is 10.8 Å².